The number of aromatic nitrogens is 1. The molecule has 4 nitrogen and oxygen atoms in total. The van der Waals surface area contributed by atoms with Crippen molar-refractivity contribution >= 4 is 23.4 Å². The van der Waals surface area contributed by atoms with E-state index in [0.29, 0.717) is 5.69 Å². The zero-order chi connectivity index (χ0) is 12.9. The second-order valence-electron chi connectivity index (χ2n) is 4.33. The fourth-order valence-electron chi connectivity index (χ4n) is 1.18. The summed E-state index contributed by atoms with van der Waals surface area (Å²) in [6, 6.07) is 3.62. The molecule has 0 bridgehead atoms. The van der Waals surface area contributed by atoms with Crippen molar-refractivity contribution in [2.75, 3.05) is 25.2 Å². The van der Waals surface area contributed by atoms with Crippen molar-refractivity contribution in [3.8, 4) is 0 Å². The third-order valence-electron chi connectivity index (χ3n) is 2.49. The lowest BCUT2D eigenvalue weighted by Gasteiger charge is -2.23. The lowest BCUT2D eigenvalue weighted by Crippen LogP contribution is -2.26. The van der Waals surface area contributed by atoms with Crippen LogP contribution in [0.25, 0.3) is 0 Å². The van der Waals surface area contributed by atoms with Crippen LogP contribution in [0, 0.1) is 0 Å². The summed E-state index contributed by atoms with van der Waals surface area (Å²) in [6.45, 7) is 5.18. The van der Waals surface area contributed by atoms with Gasteiger partial charge in [0, 0.05) is 30.2 Å². The van der Waals surface area contributed by atoms with Gasteiger partial charge in [-0.25, -0.2) is 0 Å². The minimum atomic E-state index is -0.169. The van der Waals surface area contributed by atoms with Gasteiger partial charge >= 0.3 is 0 Å². The fourth-order valence-corrected chi connectivity index (χ4v) is 1.40. The molecule has 0 saturated heterocycles. The molecule has 5 heteroatoms. The number of hydrogen-bond acceptors (Lipinski definition) is 4. The highest BCUT2D eigenvalue weighted by Gasteiger charge is 2.15. The summed E-state index contributed by atoms with van der Waals surface area (Å²) in [4.78, 5) is 15.4. The van der Waals surface area contributed by atoms with Crippen LogP contribution in [0.1, 0.15) is 24.3 Å². The molecule has 0 atom stereocenters. The number of rotatable bonds is 5. The highest BCUT2D eigenvalue weighted by Crippen LogP contribution is 2.21. The molecule has 0 aromatic carbocycles. The van der Waals surface area contributed by atoms with Crippen molar-refractivity contribution in [1.29, 1.82) is 0 Å². The second kappa shape index (κ2) is 5.91. The van der Waals surface area contributed by atoms with Gasteiger partial charge in [-0.2, -0.15) is 11.8 Å². The molecule has 94 valence electrons. The van der Waals surface area contributed by atoms with Crippen LogP contribution in [0.4, 0.5) is 5.69 Å². The van der Waals surface area contributed by atoms with Crippen LogP contribution < -0.4 is 10.6 Å². The van der Waals surface area contributed by atoms with E-state index in [-0.39, 0.29) is 10.7 Å². The zero-order valence-electron chi connectivity index (χ0n) is 10.7. The van der Waals surface area contributed by atoms with E-state index in [1.54, 1.807) is 31.1 Å². The van der Waals surface area contributed by atoms with Crippen molar-refractivity contribution in [2.45, 2.75) is 18.6 Å². The van der Waals surface area contributed by atoms with E-state index >= 15 is 0 Å². The number of carbonyl (C=O) groups excluding carboxylic acids is 1. The van der Waals surface area contributed by atoms with Gasteiger partial charge in [0.15, 0.2) is 0 Å². The summed E-state index contributed by atoms with van der Waals surface area (Å²) in [5.74, 6) is -0.169. The van der Waals surface area contributed by atoms with Crippen LogP contribution in [0.15, 0.2) is 18.3 Å². The smallest absolute Gasteiger partial charge is 0.269 e. The molecule has 17 heavy (non-hydrogen) atoms. The third kappa shape index (κ3) is 4.26. The fraction of sp³-hybridized carbons (Fsp3) is 0.500. The van der Waals surface area contributed by atoms with Crippen LogP contribution in [-0.2, 0) is 0 Å². The molecule has 0 aliphatic heterocycles. The van der Waals surface area contributed by atoms with Gasteiger partial charge < -0.3 is 10.6 Å². The van der Waals surface area contributed by atoms with E-state index in [4.69, 9.17) is 0 Å². The Labute approximate surface area is 107 Å². The highest BCUT2D eigenvalue weighted by atomic mass is 32.2. The Morgan fingerprint density at radius 1 is 1.53 bits per heavy atom. The largest absolute Gasteiger partial charge is 0.384 e. The number of nitrogens with zero attached hydrogens (tertiary/aromatic N) is 1. The average molecular weight is 253 g/mol. The normalized spacial score (nSPS) is 11.1. The number of amides is 1. The van der Waals surface area contributed by atoms with E-state index in [9.17, 15) is 4.79 Å². The molecular formula is C12H19N3OS. The molecule has 0 aliphatic rings. The van der Waals surface area contributed by atoms with Crippen molar-refractivity contribution in [2.24, 2.45) is 0 Å². The second-order valence-corrected chi connectivity index (χ2v) is 5.84. The first-order valence-corrected chi connectivity index (χ1v) is 6.68. The number of anilines is 1. The first kappa shape index (κ1) is 13.8. The molecule has 1 rings (SSSR count). The molecule has 1 aromatic heterocycles. The number of thioether (sulfide) groups is 1. The first-order chi connectivity index (χ1) is 7.98. The lowest BCUT2D eigenvalue weighted by atomic mass is 10.2. The summed E-state index contributed by atoms with van der Waals surface area (Å²) in [7, 11) is 1.60. The molecule has 0 fully saturated rings. The monoisotopic (exact) mass is 253 g/mol. The predicted molar refractivity (Wildman–Crippen MR) is 73.7 cm³/mol. The van der Waals surface area contributed by atoms with E-state index in [2.05, 4.69) is 35.7 Å². The standard InChI is InChI=1S/C12H19N3OS/c1-12(2,17-4)8-15-9-5-6-14-10(7-9)11(16)13-3/h5-7H,8H2,1-4H3,(H,13,16)(H,14,15). The minimum Gasteiger partial charge on any atom is -0.384 e. The molecule has 0 spiro atoms. The van der Waals surface area contributed by atoms with Crippen LogP contribution in [-0.4, -0.2) is 35.5 Å². The van der Waals surface area contributed by atoms with Crippen LogP contribution >= 0.6 is 11.8 Å². The van der Waals surface area contributed by atoms with Crippen molar-refractivity contribution in [3.63, 3.8) is 0 Å². The predicted octanol–water partition coefficient (Wildman–Crippen LogP) is 1.99. The summed E-state index contributed by atoms with van der Waals surface area (Å²) >= 11 is 1.80. The number of pyridine rings is 1. The zero-order valence-corrected chi connectivity index (χ0v) is 11.5. The van der Waals surface area contributed by atoms with Gasteiger partial charge in [0.25, 0.3) is 5.91 Å². The molecule has 0 radical (unpaired) electrons. The van der Waals surface area contributed by atoms with E-state index < -0.39 is 0 Å². The van der Waals surface area contributed by atoms with E-state index in [0.717, 1.165) is 12.2 Å². The average Bonchev–Trinajstić information content (AvgIpc) is 2.36. The van der Waals surface area contributed by atoms with Crippen LogP contribution in [0.2, 0.25) is 0 Å². The molecule has 1 aromatic rings. The summed E-state index contributed by atoms with van der Waals surface area (Å²) in [5, 5.41) is 5.87. The summed E-state index contributed by atoms with van der Waals surface area (Å²) in [6.07, 6.45) is 3.73. The molecule has 0 unspecified atom stereocenters. The maximum Gasteiger partial charge on any atom is 0.269 e. The Morgan fingerprint density at radius 2 is 2.24 bits per heavy atom. The van der Waals surface area contributed by atoms with Gasteiger partial charge in [0.2, 0.25) is 0 Å². The topological polar surface area (TPSA) is 54.0 Å². The van der Waals surface area contributed by atoms with Crippen molar-refractivity contribution in [1.82, 2.24) is 10.3 Å². The molecule has 0 saturated carbocycles. The van der Waals surface area contributed by atoms with Gasteiger partial charge in [0.05, 0.1) is 0 Å². The Kier molecular flexibility index (Phi) is 4.81. The lowest BCUT2D eigenvalue weighted by molar-refractivity contribution is 0.0958. The molecule has 0 aliphatic carbocycles. The summed E-state index contributed by atoms with van der Waals surface area (Å²) in [5.41, 5.74) is 1.35. The maximum atomic E-state index is 11.4. The number of hydrogen-bond donors (Lipinski definition) is 2. The number of nitrogens with one attached hydrogen (secondary N) is 2. The quantitative estimate of drug-likeness (QED) is 0.842. The SMILES string of the molecule is CNC(=O)c1cc(NCC(C)(C)SC)ccn1. The first-order valence-electron chi connectivity index (χ1n) is 5.45. The number of carbonyl (C=O) groups is 1. The van der Waals surface area contributed by atoms with Gasteiger partial charge in [-0.15, -0.1) is 0 Å². The molecule has 1 heterocycles. The minimum absolute atomic E-state index is 0.163. The van der Waals surface area contributed by atoms with Crippen molar-refractivity contribution < 1.29 is 4.79 Å². The Morgan fingerprint density at radius 3 is 2.82 bits per heavy atom. The molecule has 1 amide bonds. The Balaban J connectivity index is 2.70. The van der Waals surface area contributed by atoms with E-state index in [1.807, 2.05) is 6.07 Å². The van der Waals surface area contributed by atoms with Gasteiger partial charge in [0.1, 0.15) is 5.69 Å². The van der Waals surface area contributed by atoms with Gasteiger partial charge in [-0.3, -0.25) is 9.78 Å². The highest BCUT2D eigenvalue weighted by molar-refractivity contribution is 7.99. The molecule has 2 N–H and O–H groups in total. The van der Waals surface area contributed by atoms with Gasteiger partial charge in [-0.1, -0.05) is 0 Å². The van der Waals surface area contributed by atoms with E-state index in [1.165, 1.54) is 0 Å². The van der Waals surface area contributed by atoms with Crippen LogP contribution in [0.3, 0.4) is 0 Å². The third-order valence-corrected chi connectivity index (χ3v) is 3.74. The Bertz CT molecular complexity index is 393. The molecular weight excluding hydrogens is 234 g/mol. The van der Waals surface area contributed by atoms with Crippen LogP contribution in [0.5, 0.6) is 0 Å². The summed E-state index contributed by atoms with van der Waals surface area (Å²) < 4.78 is 0.163. The van der Waals surface area contributed by atoms with Crippen molar-refractivity contribution in [3.05, 3.63) is 24.0 Å². The van der Waals surface area contributed by atoms with Gasteiger partial charge in [-0.05, 0) is 32.2 Å². The maximum absolute atomic E-state index is 11.4. The Hall–Kier alpha value is -1.23.